The number of hydrogen-bond acceptors (Lipinski definition) is 4. The number of fused-ring (bicyclic) bond motifs is 1. The summed E-state index contributed by atoms with van der Waals surface area (Å²) >= 11 is 0. The summed E-state index contributed by atoms with van der Waals surface area (Å²) in [5.74, 6) is 0.589. The number of rotatable bonds is 2. The topological polar surface area (TPSA) is 61.0 Å². The Bertz CT molecular complexity index is 456. The third-order valence-corrected chi connectivity index (χ3v) is 2.15. The van der Waals surface area contributed by atoms with Gasteiger partial charge in [-0.1, -0.05) is 0 Å². The lowest BCUT2D eigenvalue weighted by Crippen LogP contribution is -2.02. The molecule has 0 fully saturated rings. The summed E-state index contributed by atoms with van der Waals surface area (Å²) in [4.78, 5) is 8.18. The fourth-order valence-electron chi connectivity index (χ4n) is 1.48. The smallest absolute Gasteiger partial charge is 0.218 e. The number of methoxy groups -OCH3 is 1. The second-order valence-electron chi connectivity index (χ2n) is 2.91. The second kappa shape index (κ2) is 3.59. The van der Waals surface area contributed by atoms with Crippen molar-refractivity contribution in [2.75, 3.05) is 7.11 Å². The van der Waals surface area contributed by atoms with Crippen molar-refractivity contribution in [3.8, 4) is 5.88 Å². The average Bonchev–Trinajstić information content (AvgIpc) is 2.27. The van der Waals surface area contributed by atoms with E-state index in [1.165, 1.54) is 0 Å². The lowest BCUT2D eigenvalue weighted by molar-refractivity contribution is 0.394. The minimum atomic E-state index is 0.414. The van der Waals surface area contributed by atoms with Crippen LogP contribution in [0, 0.1) is 0 Å². The first-order valence-corrected chi connectivity index (χ1v) is 4.32. The molecule has 0 saturated carbocycles. The van der Waals surface area contributed by atoms with Crippen LogP contribution in [0.3, 0.4) is 0 Å². The summed E-state index contributed by atoms with van der Waals surface area (Å²) in [5.41, 5.74) is 6.58. The first kappa shape index (κ1) is 8.90. The summed E-state index contributed by atoms with van der Waals surface area (Å²) in [5, 5.41) is 2.03. The van der Waals surface area contributed by atoms with Gasteiger partial charge < -0.3 is 10.5 Å². The second-order valence-corrected chi connectivity index (χ2v) is 2.91. The van der Waals surface area contributed by atoms with Crippen LogP contribution >= 0.6 is 0 Å². The van der Waals surface area contributed by atoms with E-state index in [0.717, 1.165) is 16.3 Å². The van der Waals surface area contributed by atoms with Crippen molar-refractivity contribution in [2.24, 2.45) is 5.73 Å². The predicted molar refractivity (Wildman–Crippen MR) is 54.0 cm³/mol. The summed E-state index contributed by atoms with van der Waals surface area (Å²) < 4.78 is 5.13. The van der Waals surface area contributed by atoms with Gasteiger partial charge in [0, 0.05) is 36.1 Å². The van der Waals surface area contributed by atoms with Gasteiger partial charge in [0.2, 0.25) is 5.88 Å². The van der Waals surface area contributed by atoms with Crippen molar-refractivity contribution >= 4 is 10.8 Å². The van der Waals surface area contributed by atoms with Crippen LogP contribution in [0.4, 0.5) is 0 Å². The number of nitrogens with zero attached hydrogens (tertiary/aromatic N) is 2. The van der Waals surface area contributed by atoms with Gasteiger partial charge in [0.15, 0.2) is 0 Å². The highest BCUT2D eigenvalue weighted by atomic mass is 16.5. The molecule has 14 heavy (non-hydrogen) atoms. The van der Waals surface area contributed by atoms with Crippen LogP contribution in [-0.2, 0) is 6.54 Å². The van der Waals surface area contributed by atoms with E-state index in [4.69, 9.17) is 10.5 Å². The average molecular weight is 189 g/mol. The molecule has 0 saturated heterocycles. The molecule has 4 nitrogen and oxygen atoms in total. The molecule has 0 aliphatic heterocycles. The van der Waals surface area contributed by atoms with Crippen LogP contribution in [-0.4, -0.2) is 17.1 Å². The molecule has 4 heteroatoms. The van der Waals surface area contributed by atoms with E-state index in [-0.39, 0.29) is 0 Å². The lowest BCUT2D eigenvalue weighted by atomic mass is 10.1. The molecule has 0 radical (unpaired) electrons. The van der Waals surface area contributed by atoms with Gasteiger partial charge in [-0.05, 0) is 11.5 Å². The molecule has 72 valence electrons. The molecule has 0 unspecified atom stereocenters. The minimum absolute atomic E-state index is 0.414. The summed E-state index contributed by atoms with van der Waals surface area (Å²) in [7, 11) is 1.59. The maximum Gasteiger partial charge on any atom is 0.218 e. The van der Waals surface area contributed by atoms with Gasteiger partial charge >= 0.3 is 0 Å². The molecular formula is C10H11N3O. The predicted octanol–water partition coefficient (Wildman–Crippen LogP) is 1.10. The SMILES string of the molecule is COc1ncc2cnccc2c1CN. The van der Waals surface area contributed by atoms with Crippen LogP contribution in [0.5, 0.6) is 5.88 Å². The van der Waals surface area contributed by atoms with Gasteiger partial charge in [-0.2, -0.15) is 0 Å². The number of aromatic nitrogens is 2. The van der Waals surface area contributed by atoms with Crippen LogP contribution < -0.4 is 10.5 Å². The van der Waals surface area contributed by atoms with E-state index in [1.807, 2.05) is 6.07 Å². The maximum absolute atomic E-state index is 5.65. The fraction of sp³-hybridized carbons (Fsp3) is 0.200. The maximum atomic E-state index is 5.65. The summed E-state index contributed by atoms with van der Waals surface area (Å²) in [6, 6.07) is 1.92. The van der Waals surface area contributed by atoms with E-state index in [1.54, 1.807) is 25.7 Å². The monoisotopic (exact) mass is 189 g/mol. The van der Waals surface area contributed by atoms with Gasteiger partial charge in [-0.15, -0.1) is 0 Å². The Balaban J connectivity index is 2.77. The van der Waals surface area contributed by atoms with Crippen molar-refractivity contribution < 1.29 is 4.74 Å². The lowest BCUT2D eigenvalue weighted by Gasteiger charge is -2.07. The van der Waals surface area contributed by atoms with Gasteiger partial charge in [0.25, 0.3) is 0 Å². The molecule has 2 rings (SSSR count). The molecule has 2 aromatic rings. The van der Waals surface area contributed by atoms with Crippen LogP contribution in [0.2, 0.25) is 0 Å². The molecule has 0 amide bonds. The normalized spacial score (nSPS) is 10.4. The van der Waals surface area contributed by atoms with Crippen LogP contribution in [0.25, 0.3) is 10.8 Å². The Morgan fingerprint density at radius 1 is 1.43 bits per heavy atom. The van der Waals surface area contributed by atoms with Gasteiger partial charge in [-0.3, -0.25) is 4.98 Å². The molecule has 0 aliphatic rings. The quantitative estimate of drug-likeness (QED) is 0.768. The van der Waals surface area contributed by atoms with E-state index in [9.17, 15) is 0 Å². The Kier molecular flexibility index (Phi) is 2.28. The van der Waals surface area contributed by atoms with Gasteiger partial charge in [-0.25, -0.2) is 4.98 Å². The van der Waals surface area contributed by atoms with Crippen LogP contribution in [0.1, 0.15) is 5.56 Å². The third kappa shape index (κ3) is 1.29. The number of hydrogen-bond donors (Lipinski definition) is 1. The molecule has 0 aromatic carbocycles. The Hall–Kier alpha value is -1.68. The molecular weight excluding hydrogens is 178 g/mol. The first-order chi connectivity index (χ1) is 6.86. The standard InChI is InChI=1S/C10H11N3O/c1-14-10-9(4-11)8-2-3-12-5-7(8)6-13-10/h2-3,5-6H,4,11H2,1H3. The Morgan fingerprint density at radius 2 is 2.29 bits per heavy atom. The van der Waals surface area contributed by atoms with Crippen molar-refractivity contribution in [1.29, 1.82) is 0 Å². The first-order valence-electron chi connectivity index (χ1n) is 4.32. The van der Waals surface area contributed by atoms with E-state index in [0.29, 0.717) is 12.4 Å². The van der Waals surface area contributed by atoms with Crippen molar-refractivity contribution in [3.05, 3.63) is 30.2 Å². The zero-order valence-corrected chi connectivity index (χ0v) is 7.90. The highest BCUT2D eigenvalue weighted by molar-refractivity contribution is 5.85. The van der Waals surface area contributed by atoms with E-state index >= 15 is 0 Å². The third-order valence-electron chi connectivity index (χ3n) is 2.15. The van der Waals surface area contributed by atoms with Crippen molar-refractivity contribution in [1.82, 2.24) is 9.97 Å². The number of ether oxygens (including phenoxy) is 1. The Morgan fingerprint density at radius 3 is 3.00 bits per heavy atom. The van der Waals surface area contributed by atoms with Gasteiger partial charge in [0.1, 0.15) is 0 Å². The van der Waals surface area contributed by atoms with Crippen molar-refractivity contribution in [2.45, 2.75) is 6.54 Å². The highest BCUT2D eigenvalue weighted by Crippen LogP contribution is 2.23. The van der Waals surface area contributed by atoms with Crippen LogP contribution in [0.15, 0.2) is 24.7 Å². The zero-order valence-electron chi connectivity index (χ0n) is 7.90. The van der Waals surface area contributed by atoms with E-state index in [2.05, 4.69) is 9.97 Å². The molecule has 2 aromatic heterocycles. The zero-order chi connectivity index (χ0) is 9.97. The molecule has 0 spiro atoms. The molecule has 0 atom stereocenters. The molecule has 2 N–H and O–H groups in total. The van der Waals surface area contributed by atoms with E-state index < -0.39 is 0 Å². The molecule has 0 bridgehead atoms. The molecule has 0 aliphatic carbocycles. The number of pyridine rings is 2. The Labute approximate surface area is 81.7 Å². The van der Waals surface area contributed by atoms with Gasteiger partial charge in [0.05, 0.1) is 7.11 Å². The highest BCUT2D eigenvalue weighted by Gasteiger charge is 2.07. The number of nitrogens with two attached hydrogens (primary N) is 1. The summed E-state index contributed by atoms with van der Waals surface area (Å²) in [6.07, 6.45) is 5.24. The minimum Gasteiger partial charge on any atom is -0.481 e. The fourth-order valence-corrected chi connectivity index (χ4v) is 1.48. The van der Waals surface area contributed by atoms with Crippen molar-refractivity contribution in [3.63, 3.8) is 0 Å². The molecule has 2 heterocycles. The summed E-state index contributed by atoms with van der Waals surface area (Å²) in [6.45, 7) is 0.414. The largest absolute Gasteiger partial charge is 0.481 e.